The molecule has 6 heteroatoms. The minimum absolute atomic E-state index is 0.316. The van der Waals surface area contributed by atoms with Crippen LogP contribution in [0.1, 0.15) is 20.7 Å². The molecule has 6 nitrogen and oxygen atoms in total. The number of hydrogen-bond donors (Lipinski definition) is 0. The minimum Gasteiger partial charge on any atom is -0.349 e. The fraction of sp³-hybridized carbons (Fsp3) is 0.429. The van der Waals surface area contributed by atoms with Crippen LogP contribution in [0.5, 0.6) is 0 Å². The van der Waals surface area contributed by atoms with Crippen LogP contribution in [0.25, 0.3) is 0 Å². The lowest BCUT2D eigenvalue weighted by Crippen LogP contribution is -2.26. The van der Waals surface area contributed by atoms with Crippen LogP contribution < -0.4 is 0 Å². The van der Waals surface area contributed by atoms with Gasteiger partial charge in [-0.05, 0) is 0 Å². The van der Waals surface area contributed by atoms with E-state index in [1.54, 1.807) is 0 Å². The third-order valence-corrected chi connectivity index (χ3v) is 2.74. The Morgan fingerprint density at radius 1 is 0.700 bits per heavy atom. The van der Waals surface area contributed by atoms with Crippen LogP contribution in [0.2, 0.25) is 0 Å². The van der Waals surface area contributed by atoms with Crippen LogP contribution in [0.4, 0.5) is 0 Å². The number of methoxy groups -OCH3 is 4. The second-order valence-corrected chi connectivity index (χ2v) is 3.91. The van der Waals surface area contributed by atoms with Crippen LogP contribution >= 0.6 is 0 Å². The SMILES string of the molecule is COC(OC)C(=O)c1ccc(C(=O)C(OC)OC)cc1. The second-order valence-electron chi connectivity index (χ2n) is 3.91. The number of rotatable bonds is 8. The summed E-state index contributed by atoms with van der Waals surface area (Å²) in [4.78, 5) is 23.9. The maximum absolute atomic E-state index is 12.0. The first kappa shape index (κ1) is 16.5. The number of carbonyl (C=O) groups is 2. The molecule has 0 atom stereocenters. The van der Waals surface area contributed by atoms with Gasteiger partial charge in [0, 0.05) is 39.6 Å². The summed E-state index contributed by atoms with van der Waals surface area (Å²) in [5.74, 6) is -0.631. The molecule has 110 valence electrons. The van der Waals surface area contributed by atoms with Gasteiger partial charge in [-0.3, -0.25) is 9.59 Å². The van der Waals surface area contributed by atoms with Gasteiger partial charge >= 0.3 is 0 Å². The zero-order chi connectivity index (χ0) is 15.1. The molecular weight excluding hydrogens is 264 g/mol. The van der Waals surface area contributed by atoms with E-state index in [1.165, 1.54) is 52.7 Å². The number of ether oxygens (including phenoxy) is 4. The standard InChI is InChI=1S/C14H18O6/c1-17-13(18-2)11(15)9-5-7-10(8-6-9)12(16)14(19-3)20-4/h5-8,13-14H,1-4H3. The van der Waals surface area contributed by atoms with Crippen LogP contribution in [-0.2, 0) is 18.9 Å². The van der Waals surface area contributed by atoms with E-state index in [0.29, 0.717) is 11.1 Å². The highest BCUT2D eigenvalue weighted by molar-refractivity contribution is 6.01. The average Bonchev–Trinajstić information content (AvgIpc) is 2.49. The molecule has 1 aromatic rings. The van der Waals surface area contributed by atoms with Gasteiger partial charge in [-0.25, -0.2) is 0 Å². The fourth-order valence-electron chi connectivity index (χ4n) is 1.69. The van der Waals surface area contributed by atoms with Crippen molar-refractivity contribution < 1.29 is 28.5 Å². The first-order valence-corrected chi connectivity index (χ1v) is 5.88. The van der Waals surface area contributed by atoms with E-state index >= 15 is 0 Å². The summed E-state index contributed by atoms with van der Waals surface area (Å²) in [6, 6.07) is 6.12. The maximum Gasteiger partial charge on any atom is 0.222 e. The molecule has 0 aliphatic rings. The predicted octanol–water partition coefficient (Wildman–Crippen LogP) is 1.29. The molecular formula is C14H18O6. The Morgan fingerprint density at radius 2 is 0.950 bits per heavy atom. The molecule has 0 aliphatic heterocycles. The zero-order valence-corrected chi connectivity index (χ0v) is 11.9. The fourth-order valence-corrected chi connectivity index (χ4v) is 1.69. The van der Waals surface area contributed by atoms with Crippen LogP contribution in [0, 0.1) is 0 Å². The summed E-state index contributed by atoms with van der Waals surface area (Å²) in [5, 5.41) is 0. The van der Waals surface area contributed by atoms with E-state index < -0.39 is 12.6 Å². The van der Waals surface area contributed by atoms with Crippen molar-refractivity contribution in [3.8, 4) is 0 Å². The van der Waals surface area contributed by atoms with E-state index in [9.17, 15) is 9.59 Å². The molecule has 1 aromatic carbocycles. The Kier molecular flexibility index (Phi) is 6.47. The Labute approximate surface area is 117 Å². The van der Waals surface area contributed by atoms with Gasteiger partial charge in [0.25, 0.3) is 0 Å². The van der Waals surface area contributed by atoms with Crippen molar-refractivity contribution in [1.29, 1.82) is 0 Å². The van der Waals surface area contributed by atoms with E-state index in [2.05, 4.69) is 0 Å². The maximum atomic E-state index is 12.0. The van der Waals surface area contributed by atoms with Crippen LogP contribution in [0.3, 0.4) is 0 Å². The number of Topliss-reactive ketones (excluding diaryl/α,β-unsaturated/α-hetero) is 2. The predicted molar refractivity (Wildman–Crippen MR) is 70.7 cm³/mol. The van der Waals surface area contributed by atoms with Crippen molar-refractivity contribution in [2.75, 3.05) is 28.4 Å². The molecule has 0 unspecified atom stereocenters. The van der Waals surface area contributed by atoms with Gasteiger partial charge < -0.3 is 18.9 Å². The molecule has 20 heavy (non-hydrogen) atoms. The third kappa shape index (κ3) is 3.71. The third-order valence-electron chi connectivity index (χ3n) is 2.74. The molecule has 0 saturated carbocycles. The number of ketones is 2. The van der Waals surface area contributed by atoms with Crippen molar-refractivity contribution in [1.82, 2.24) is 0 Å². The van der Waals surface area contributed by atoms with E-state index in [1.807, 2.05) is 0 Å². The molecule has 0 aliphatic carbocycles. The summed E-state index contributed by atoms with van der Waals surface area (Å²) >= 11 is 0. The van der Waals surface area contributed by atoms with Crippen molar-refractivity contribution in [3.63, 3.8) is 0 Å². The van der Waals surface area contributed by atoms with Gasteiger partial charge in [-0.15, -0.1) is 0 Å². The van der Waals surface area contributed by atoms with Gasteiger partial charge in [-0.2, -0.15) is 0 Å². The van der Waals surface area contributed by atoms with Crippen LogP contribution in [0.15, 0.2) is 24.3 Å². The highest BCUT2D eigenvalue weighted by Gasteiger charge is 2.21. The van der Waals surface area contributed by atoms with Crippen molar-refractivity contribution in [2.24, 2.45) is 0 Å². The topological polar surface area (TPSA) is 71.1 Å². The molecule has 0 bridgehead atoms. The molecule has 0 saturated heterocycles. The first-order valence-electron chi connectivity index (χ1n) is 5.88. The lowest BCUT2D eigenvalue weighted by Gasteiger charge is -2.13. The van der Waals surface area contributed by atoms with E-state index in [0.717, 1.165) is 0 Å². The molecule has 0 fully saturated rings. The quantitative estimate of drug-likeness (QED) is 0.528. The summed E-state index contributed by atoms with van der Waals surface area (Å²) in [6.45, 7) is 0. The van der Waals surface area contributed by atoms with Gasteiger partial charge in [0.2, 0.25) is 24.1 Å². The van der Waals surface area contributed by atoms with Gasteiger partial charge in [-0.1, -0.05) is 24.3 Å². The number of carbonyl (C=O) groups excluding carboxylic acids is 2. The van der Waals surface area contributed by atoms with Crippen molar-refractivity contribution in [2.45, 2.75) is 12.6 Å². The highest BCUT2D eigenvalue weighted by Crippen LogP contribution is 2.12. The van der Waals surface area contributed by atoms with Gasteiger partial charge in [0.15, 0.2) is 0 Å². The summed E-state index contributed by atoms with van der Waals surface area (Å²) in [5.41, 5.74) is 0.781. The molecule has 0 heterocycles. The van der Waals surface area contributed by atoms with Crippen molar-refractivity contribution >= 4 is 11.6 Å². The normalized spacial score (nSPS) is 11.1. The average molecular weight is 282 g/mol. The smallest absolute Gasteiger partial charge is 0.222 e. The monoisotopic (exact) mass is 282 g/mol. The summed E-state index contributed by atoms with van der Waals surface area (Å²) in [7, 11) is 5.52. The van der Waals surface area contributed by atoms with Crippen molar-refractivity contribution in [3.05, 3.63) is 35.4 Å². The molecule has 0 amide bonds. The minimum atomic E-state index is -0.956. The molecule has 0 N–H and O–H groups in total. The highest BCUT2D eigenvalue weighted by atomic mass is 16.7. The first-order chi connectivity index (χ1) is 9.58. The Balaban J connectivity index is 2.88. The Bertz CT molecular complexity index is 402. The lowest BCUT2D eigenvalue weighted by molar-refractivity contribution is -0.0744. The van der Waals surface area contributed by atoms with E-state index in [-0.39, 0.29) is 11.6 Å². The largest absolute Gasteiger partial charge is 0.349 e. The summed E-state index contributed by atoms with van der Waals surface area (Å²) in [6.07, 6.45) is -1.91. The zero-order valence-electron chi connectivity index (χ0n) is 11.9. The lowest BCUT2D eigenvalue weighted by atomic mass is 10.0. The second kappa shape index (κ2) is 7.86. The Hall–Kier alpha value is -1.60. The molecule has 1 rings (SSSR count). The number of benzene rings is 1. The van der Waals surface area contributed by atoms with E-state index in [4.69, 9.17) is 18.9 Å². The summed E-state index contributed by atoms with van der Waals surface area (Å²) < 4.78 is 19.6. The van der Waals surface area contributed by atoms with Gasteiger partial charge in [0.05, 0.1) is 0 Å². The molecule has 0 spiro atoms. The molecule has 0 aromatic heterocycles. The number of hydrogen-bond acceptors (Lipinski definition) is 6. The van der Waals surface area contributed by atoms with Crippen LogP contribution in [-0.4, -0.2) is 52.6 Å². The van der Waals surface area contributed by atoms with Gasteiger partial charge in [0.1, 0.15) is 0 Å². The molecule has 0 radical (unpaired) electrons. The Morgan fingerprint density at radius 3 is 1.15 bits per heavy atom.